The highest BCUT2D eigenvalue weighted by molar-refractivity contribution is 7.10. The Balaban J connectivity index is 1.64. The Kier molecular flexibility index (Phi) is 5.76. The van der Waals surface area contributed by atoms with Gasteiger partial charge in [0.25, 0.3) is 0 Å². The summed E-state index contributed by atoms with van der Waals surface area (Å²) in [6, 6.07) is 17.1. The van der Waals surface area contributed by atoms with Gasteiger partial charge >= 0.3 is 0 Å². The van der Waals surface area contributed by atoms with E-state index in [4.69, 9.17) is 0 Å². The number of thiophene rings is 1. The predicted octanol–water partition coefficient (Wildman–Crippen LogP) is 4.02. The van der Waals surface area contributed by atoms with Gasteiger partial charge in [0.05, 0.1) is 12.5 Å². The van der Waals surface area contributed by atoms with Gasteiger partial charge in [-0.1, -0.05) is 36.4 Å². The quantitative estimate of drug-likeness (QED) is 0.693. The fourth-order valence-electron chi connectivity index (χ4n) is 2.61. The zero-order chi connectivity index (χ0) is 18.4. The normalized spacial score (nSPS) is 11.6. The second-order valence-electron chi connectivity index (χ2n) is 5.82. The molecule has 0 unspecified atom stereocenters. The molecule has 0 bridgehead atoms. The average molecular weight is 365 g/mol. The van der Waals surface area contributed by atoms with Crippen LogP contribution in [0.25, 0.3) is 11.1 Å². The highest BCUT2D eigenvalue weighted by Crippen LogP contribution is 2.23. The van der Waals surface area contributed by atoms with Gasteiger partial charge in [0.1, 0.15) is 5.82 Å². The first-order valence-corrected chi connectivity index (χ1v) is 9.11. The molecule has 0 radical (unpaired) electrons. The maximum atomic E-state index is 12.4. The molecule has 5 nitrogen and oxygen atoms in total. The van der Waals surface area contributed by atoms with Gasteiger partial charge in [0.15, 0.2) is 0 Å². The van der Waals surface area contributed by atoms with Gasteiger partial charge in [-0.15, -0.1) is 11.3 Å². The van der Waals surface area contributed by atoms with Gasteiger partial charge in [-0.05, 0) is 29.1 Å². The Morgan fingerprint density at radius 2 is 1.85 bits per heavy atom. The maximum absolute atomic E-state index is 12.4. The van der Waals surface area contributed by atoms with Crippen LogP contribution in [0.3, 0.4) is 0 Å². The van der Waals surface area contributed by atoms with E-state index < -0.39 is 0 Å². The molecule has 1 atom stereocenters. The van der Waals surface area contributed by atoms with Gasteiger partial charge in [0.2, 0.25) is 11.8 Å². The summed E-state index contributed by atoms with van der Waals surface area (Å²) in [6.45, 7) is 1.45. The topological polar surface area (TPSA) is 71.1 Å². The van der Waals surface area contributed by atoms with E-state index in [0.717, 1.165) is 16.0 Å². The van der Waals surface area contributed by atoms with E-state index in [0.29, 0.717) is 5.82 Å². The van der Waals surface area contributed by atoms with Crippen LogP contribution < -0.4 is 10.6 Å². The molecule has 26 heavy (non-hydrogen) atoms. The third-order valence-electron chi connectivity index (χ3n) is 3.79. The largest absolute Gasteiger partial charge is 0.348 e. The lowest BCUT2D eigenvalue weighted by Crippen LogP contribution is -2.29. The number of hydrogen-bond donors (Lipinski definition) is 2. The molecule has 2 heterocycles. The molecule has 2 aromatic heterocycles. The SMILES string of the molecule is CC(=O)N[C@H](CC(=O)Nc1ccc(-c2ccccc2)cn1)c1cccs1. The molecule has 0 aliphatic rings. The summed E-state index contributed by atoms with van der Waals surface area (Å²) in [5.74, 6) is 0.126. The van der Waals surface area contributed by atoms with E-state index in [1.165, 1.54) is 18.3 Å². The number of nitrogens with one attached hydrogen (secondary N) is 2. The Labute approximate surface area is 156 Å². The summed E-state index contributed by atoms with van der Waals surface area (Å²) in [5.41, 5.74) is 2.06. The number of benzene rings is 1. The summed E-state index contributed by atoms with van der Waals surface area (Å²) >= 11 is 1.51. The Bertz CT molecular complexity index is 862. The third kappa shape index (κ3) is 4.77. The van der Waals surface area contributed by atoms with E-state index in [1.54, 1.807) is 12.3 Å². The molecule has 6 heteroatoms. The van der Waals surface area contributed by atoms with Gasteiger partial charge in [0, 0.05) is 23.6 Å². The summed E-state index contributed by atoms with van der Waals surface area (Å²) in [5, 5.41) is 7.53. The molecule has 0 fully saturated rings. The summed E-state index contributed by atoms with van der Waals surface area (Å²) in [4.78, 5) is 29.0. The van der Waals surface area contributed by atoms with Crippen molar-refractivity contribution in [3.63, 3.8) is 0 Å². The highest BCUT2D eigenvalue weighted by atomic mass is 32.1. The van der Waals surface area contributed by atoms with Crippen molar-refractivity contribution in [2.75, 3.05) is 5.32 Å². The van der Waals surface area contributed by atoms with Crippen LogP contribution in [0.4, 0.5) is 5.82 Å². The van der Waals surface area contributed by atoms with E-state index in [2.05, 4.69) is 15.6 Å². The number of hydrogen-bond acceptors (Lipinski definition) is 4. The molecule has 132 valence electrons. The number of rotatable bonds is 6. The molecule has 0 saturated heterocycles. The number of pyridine rings is 1. The molecular formula is C20H19N3O2S. The van der Waals surface area contributed by atoms with E-state index >= 15 is 0 Å². The number of anilines is 1. The minimum atomic E-state index is -0.337. The molecule has 0 saturated carbocycles. The summed E-state index contributed by atoms with van der Waals surface area (Å²) < 4.78 is 0. The number of carbonyl (C=O) groups is 2. The average Bonchev–Trinajstić information content (AvgIpc) is 3.17. The lowest BCUT2D eigenvalue weighted by molar-refractivity contribution is -0.120. The summed E-state index contributed by atoms with van der Waals surface area (Å²) in [6.07, 6.45) is 1.89. The minimum Gasteiger partial charge on any atom is -0.348 e. The Morgan fingerprint density at radius 1 is 1.04 bits per heavy atom. The zero-order valence-electron chi connectivity index (χ0n) is 14.3. The van der Waals surface area contributed by atoms with Crippen molar-refractivity contribution in [2.24, 2.45) is 0 Å². The van der Waals surface area contributed by atoms with E-state index in [-0.39, 0.29) is 24.3 Å². The number of amides is 2. The van der Waals surface area contributed by atoms with Crippen LogP contribution in [0.15, 0.2) is 66.2 Å². The van der Waals surface area contributed by atoms with Gasteiger partial charge in [-0.2, -0.15) is 0 Å². The Morgan fingerprint density at radius 3 is 2.46 bits per heavy atom. The van der Waals surface area contributed by atoms with Crippen molar-refractivity contribution in [1.29, 1.82) is 0 Å². The van der Waals surface area contributed by atoms with Crippen LogP contribution in [0.1, 0.15) is 24.3 Å². The van der Waals surface area contributed by atoms with Crippen molar-refractivity contribution >= 4 is 29.0 Å². The van der Waals surface area contributed by atoms with E-state index in [1.807, 2.05) is 53.9 Å². The van der Waals surface area contributed by atoms with Crippen molar-refractivity contribution in [3.05, 3.63) is 71.1 Å². The summed E-state index contributed by atoms with van der Waals surface area (Å²) in [7, 11) is 0. The molecule has 0 aliphatic heterocycles. The first kappa shape index (κ1) is 17.8. The molecule has 0 spiro atoms. The van der Waals surface area contributed by atoms with Crippen LogP contribution in [0.5, 0.6) is 0 Å². The fraction of sp³-hybridized carbons (Fsp3) is 0.150. The maximum Gasteiger partial charge on any atom is 0.227 e. The second-order valence-corrected chi connectivity index (χ2v) is 6.80. The van der Waals surface area contributed by atoms with E-state index in [9.17, 15) is 9.59 Å². The molecule has 2 amide bonds. The molecule has 2 N–H and O–H groups in total. The van der Waals surface area contributed by atoms with Crippen molar-refractivity contribution in [2.45, 2.75) is 19.4 Å². The van der Waals surface area contributed by atoms with Crippen LogP contribution in [0.2, 0.25) is 0 Å². The predicted molar refractivity (Wildman–Crippen MR) is 104 cm³/mol. The van der Waals surface area contributed by atoms with Crippen molar-refractivity contribution < 1.29 is 9.59 Å². The molecular weight excluding hydrogens is 346 g/mol. The third-order valence-corrected chi connectivity index (χ3v) is 4.78. The first-order chi connectivity index (χ1) is 12.6. The van der Waals surface area contributed by atoms with Crippen molar-refractivity contribution in [3.8, 4) is 11.1 Å². The standard InChI is InChI=1S/C20H19N3O2S/c1-14(24)22-17(18-8-5-11-26-18)12-20(25)23-19-10-9-16(13-21-19)15-6-3-2-4-7-15/h2-11,13,17H,12H2,1H3,(H,22,24)(H,21,23,25)/t17-/m1/s1. The lowest BCUT2D eigenvalue weighted by atomic mass is 10.1. The fourth-order valence-corrected chi connectivity index (χ4v) is 3.38. The monoisotopic (exact) mass is 365 g/mol. The highest BCUT2D eigenvalue weighted by Gasteiger charge is 2.18. The number of nitrogens with zero attached hydrogens (tertiary/aromatic N) is 1. The van der Waals surface area contributed by atoms with Crippen LogP contribution in [0, 0.1) is 0 Å². The minimum absolute atomic E-state index is 0.155. The molecule has 1 aromatic carbocycles. The Hall–Kier alpha value is -2.99. The van der Waals surface area contributed by atoms with Crippen LogP contribution in [-0.4, -0.2) is 16.8 Å². The molecule has 3 aromatic rings. The van der Waals surface area contributed by atoms with Gasteiger partial charge in [-0.25, -0.2) is 4.98 Å². The van der Waals surface area contributed by atoms with Crippen LogP contribution in [-0.2, 0) is 9.59 Å². The zero-order valence-corrected chi connectivity index (χ0v) is 15.1. The van der Waals surface area contributed by atoms with Gasteiger partial charge in [-0.3, -0.25) is 9.59 Å². The van der Waals surface area contributed by atoms with Crippen molar-refractivity contribution in [1.82, 2.24) is 10.3 Å². The van der Waals surface area contributed by atoms with Crippen LogP contribution >= 0.6 is 11.3 Å². The first-order valence-electron chi connectivity index (χ1n) is 8.23. The number of aromatic nitrogens is 1. The smallest absolute Gasteiger partial charge is 0.227 e. The molecule has 0 aliphatic carbocycles. The lowest BCUT2D eigenvalue weighted by Gasteiger charge is -2.16. The second kappa shape index (κ2) is 8.40. The van der Waals surface area contributed by atoms with Gasteiger partial charge < -0.3 is 10.6 Å². The number of carbonyl (C=O) groups excluding carboxylic acids is 2. The molecule has 3 rings (SSSR count).